The number of fused-ring (bicyclic) bond motifs is 2. The summed E-state index contributed by atoms with van der Waals surface area (Å²) < 4.78 is 75.7. The van der Waals surface area contributed by atoms with Crippen LogP contribution in [0.5, 0.6) is 0 Å². The van der Waals surface area contributed by atoms with Crippen molar-refractivity contribution in [2.24, 2.45) is 9.98 Å². The predicted molar refractivity (Wildman–Crippen MR) is 471 cm³/mol. The maximum atomic E-state index is 13.7. The van der Waals surface area contributed by atoms with Gasteiger partial charge in [-0.15, -0.1) is 0 Å². The van der Waals surface area contributed by atoms with Gasteiger partial charge in [0.25, 0.3) is 0 Å². The molecule has 0 radical (unpaired) electrons. The zero-order valence-corrected chi connectivity index (χ0v) is 77.7. The van der Waals surface area contributed by atoms with Gasteiger partial charge in [0.1, 0.15) is 56.7 Å². The van der Waals surface area contributed by atoms with Gasteiger partial charge in [-0.3, -0.25) is 20.0 Å². The number of hydrogen-bond acceptors (Lipinski definition) is 25. The zero-order chi connectivity index (χ0) is 83.9. The molecular weight excluding hydrogens is 1560 g/mol. The average Bonchev–Trinajstić information content (AvgIpc) is 1.48. The summed E-state index contributed by atoms with van der Waals surface area (Å²) in [4.78, 5) is 60.0. The molecule has 2 aliphatic carbocycles. The fourth-order valence-electron chi connectivity index (χ4n) is 14.2. The fourth-order valence-corrected chi connectivity index (χ4v) is 17.2. The number of methoxy groups -OCH3 is 3. The third-order valence-electron chi connectivity index (χ3n) is 21.1. The number of esters is 1. The normalized spacial score (nSPS) is 18.1. The molecule has 6 aromatic rings. The van der Waals surface area contributed by atoms with Crippen LogP contribution in [0.1, 0.15) is 124 Å². The molecule has 0 unspecified atom stereocenters. The number of aliphatic imine (C=N–C) groups is 2. The summed E-state index contributed by atoms with van der Waals surface area (Å²) in [7, 11) is -0.684. The largest absolute Gasteiger partial charge is 1.00 e. The Kier molecular flexibility index (Phi) is 38.1. The van der Waals surface area contributed by atoms with E-state index in [1.165, 1.54) is 0 Å². The molecule has 10 rings (SSSR count). The Labute approximate surface area is 714 Å². The van der Waals surface area contributed by atoms with E-state index in [0.29, 0.717) is 145 Å². The number of carboxylic acid groups (broad SMARTS) is 1. The molecule has 0 saturated heterocycles. The topological polar surface area (TPSA) is 312 Å². The van der Waals surface area contributed by atoms with Gasteiger partial charge in [-0.1, -0.05) is 116 Å². The second-order valence-electron chi connectivity index (χ2n) is 35.0. The number of aromatic nitrogens is 8. The van der Waals surface area contributed by atoms with Gasteiger partial charge < -0.3 is 77.2 Å². The number of carbonyl (C=O) groups is 2. The Hall–Kier alpha value is -6.96. The maximum Gasteiger partial charge on any atom is 1.00 e. The number of rotatable bonds is 47. The van der Waals surface area contributed by atoms with E-state index in [9.17, 15) is 14.7 Å². The number of carboxylic acids is 1. The van der Waals surface area contributed by atoms with Crippen LogP contribution in [0.25, 0.3) is 45.1 Å². The smallest absolute Gasteiger partial charge is 0.870 e. The van der Waals surface area contributed by atoms with E-state index in [1.54, 1.807) is 21.3 Å². The van der Waals surface area contributed by atoms with Gasteiger partial charge in [-0.25, -0.2) is 19.6 Å². The molecule has 0 spiro atoms. The van der Waals surface area contributed by atoms with Crippen molar-refractivity contribution in [2.75, 3.05) is 137 Å². The van der Waals surface area contributed by atoms with Crippen LogP contribution in [0, 0.1) is 0 Å². The molecule has 2 N–H and O–H groups in total. The van der Waals surface area contributed by atoms with E-state index in [-0.39, 0.29) is 88.9 Å². The van der Waals surface area contributed by atoms with E-state index in [4.69, 9.17) is 87.0 Å². The molecule has 4 aliphatic rings. The molecule has 2 aliphatic heterocycles. The van der Waals surface area contributed by atoms with Crippen LogP contribution in [0.4, 0.5) is 11.6 Å². The standard InChI is InChI=1S/C44H68N6O8Si2.C41H62N6O7Si2.Li.H2O/c1-11-56-33(2)39-40(34-16-18-44(19-17-34,58-24-22-53-4)43(51)57-23-21-52-3)48-41-36(35-14-15-38(46-29-35)37-13-12-20-45-37)30-47-50(41)42(39)49(31-54-25-27-59(5,6)7)32-55-26-28-60(8,9)10;1-10-53-30(2)36-37(31-15-17-41(18-16-31,40(48)49)54-21-20-50-3)45-38-33(32-13-14-35(43-26-32)34-12-11-19-42-34)27-44-47(38)39(36)46(28-51-22-24-55(4,5)6)29-52-23-25-56(7,8)9;;/h12,14-15,20,29-30,34H,2,11,13,16-19,21-28,31-32H2,1,3-10H3;11,13-14,19,26-27,31H,2,10,12,15-18,20-25,28-29H2,1,3-9H3,(H,48,49);;1H2/q;;+1;/p-1. The summed E-state index contributed by atoms with van der Waals surface area (Å²) in [5, 5.41) is 20.4. The van der Waals surface area contributed by atoms with Crippen molar-refractivity contribution >= 4 is 90.1 Å². The minimum Gasteiger partial charge on any atom is -0.870 e. The molecule has 0 bridgehead atoms. The van der Waals surface area contributed by atoms with Gasteiger partial charge >= 0.3 is 30.8 Å². The van der Waals surface area contributed by atoms with Crippen molar-refractivity contribution < 1.29 is 95.9 Å². The summed E-state index contributed by atoms with van der Waals surface area (Å²) >= 11 is 0. The SMILES string of the molecule is C=C(OCC)c1c(C2CCC(OCCOC)(C(=O)O)CC2)nc2c(-c3ccc(C4=NC=CC4)nc3)cnn2c1N(COCC[Si](C)(C)C)COCC[Si](C)(C)C.C=C(OCC)c1c(C2CCC(OCCOC)(C(=O)OCCOC)CC2)nc2c(-c3ccc(C4=NC=CC4)nc3)cnn2c1N(COCC[Si](C)(C)C)COCC[Si](C)(C)C.[Li+].[OH-]. The first-order valence-electron chi connectivity index (χ1n) is 41.2. The monoisotopic (exact) mass is 1690 g/mol. The summed E-state index contributed by atoms with van der Waals surface area (Å²) in [5.41, 5.74) is 8.80. The van der Waals surface area contributed by atoms with E-state index in [1.807, 2.05) is 96.5 Å². The molecule has 2 fully saturated rings. The van der Waals surface area contributed by atoms with Crippen molar-refractivity contribution in [1.82, 2.24) is 39.2 Å². The molecule has 8 heterocycles. The van der Waals surface area contributed by atoms with Crippen molar-refractivity contribution in [1.29, 1.82) is 0 Å². The van der Waals surface area contributed by atoms with Crippen LogP contribution in [0.3, 0.4) is 0 Å². The average molecular weight is 1700 g/mol. The van der Waals surface area contributed by atoms with Gasteiger partial charge in [0.2, 0.25) is 0 Å². The fraction of sp³-hybridized carbons (Fsp3) is 0.600. The summed E-state index contributed by atoms with van der Waals surface area (Å²) in [6.45, 7) is 46.9. The molecule has 2 saturated carbocycles. The maximum absolute atomic E-state index is 13.7. The number of pyridine rings is 2. The van der Waals surface area contributed by atoms with E-state index >= 15 is 0 Å². The van der Waals surface area contributed by atoms with Gasteiger partial charge in [-0.2, -0.15) is 19.2 Å². The van der Waals surface area contributed by atoms with Gasteiger partial charge in [0.15, 0.2) is 22.5 Å². The minimum absolute atomic E-state index is 0. The van der Waals surface area contributed by atoms with Crippen molar-refractivity contribution in [3.8, 4) is 22.3 Å². The summed E-state index contributed by atoms with van der Waals surface area (Å²) in [5.74, 6) is 0.812. The first kappa shape index (κ1) is 98.2. The van der Waals surface area contributed by atoms with Gasteiger partial charge in [-0.05, 0) is 102 Å². The molecular formula is C85H131LiN12O16Si4. The van der Waals surface area contributed by atoms with E-state index in [2.05, 4.69) is 112 Å². The first-order valence-corrected chi connectivity index (χ1v) is 56.0. The number of allylic oxidation sites excluding steroid dienone is 2. The van der Waals surface area contributed by atoms with Crippen LogP contribution in [-0.4, -0.2) is 244 Å². The van der Waals surface area contributed by atoms with Crippen molar-refractivity contribution in [3.63, 3.8) is 0 Å². The minimum atomic E-state index is -1.37. The van der Waals surface area contributed by atoms with Crippen LogP contribution in [0.15, 0.2) is 96.7 Å². The van der Waals surface area contributed by atoms with Crippen LogP contribution >= 0.6 is 0 Å². The van der Waals surface area contributed by atoms with Crippen molar-refractivity contribution in [2.45, 2.75) is 204 Å². The molecule has 644 valence electrons. The second kappa shape index (κ2) is 45.8. The first-order chi connectivity index (χ1) is 55.4. The molecule has 118 heavy (non-hydrogen) atoms. The third kappa shape index (κ3) is 27.3. The van der Waals surface area contributed by atoms with Crippen LogP contribution in [-0.2, 0) is 66.4 Å². The number of anilines is 2. The number of aliphatic carboxylic acids is 1. The van der Waals surface area contributed by atoms with E-state index in [0.717, 1.165) is 105 Å². The third-order valence-corrected chi connectivity index (χ3v) is 27.9. The Bertz CT molecular complexity index is 4300. The second-order valence-corrected chi connectivity index (χ2v) is 57.5. The molecule has 0 amide bonds. The molecule has 28 nitrogen and oxygen atoms in total. The Morgan fingerprint density at radius 1 is 0.500 bits per heavy atom. The van der Waals surface area contributed by atoms with Crippen molar-refractivity contribution in [3.05, 3.63) is 121 Å². The number of carbonyl (C=O) groups excluding carboxylic acids is 1. The molecule has 0 aromatic carbocycles. The Morgan fingerprint density at radius 3 is 1.17 bits per heavy atom. The Morgan fingerprint density at radius 2 is 0.856 bits per heavy atom. The Balaban J connectivity index is 0.000000321. The van der Waals surface area contributed by atoms with Gasteiger partial charge in [0, 0.05) is 152 Å². The summed E-state index contributed by atoms with van der Waals surface area (Å²) in [6.07, 6.45) is 20.3. The molecule has 6 aromatic heterocycles. The van der Waals surface area contributed by atoms with Crippen LogP contribution in [0.2, 0.25) is 103 Å². The number of hydrogen-bond donors (Lipinski definition) is 1. The number of nitrogens with zero attached hydrogens (tertiary/aromatic N) is 12. The number of ether oxygens (including phenoxy) is 12. The molecule has 33 heteroatoms. The van der Waals surface area contributed by atoms with Gasteiger partial charge in [0.05, 0.1) is 104 Å². The molecule has 0 atom stereocenters. The zero-order valence-electron chi connectivity index (χ0n) is 73.7. The quantitative estimate of drug-likeness (QED) is 0.0122. The predicted octanol–water partition coefficient (Wildman–Crippen LogP) is 13.1. The summed E-state index contributed by atoms with van der Waals surface area (Å²) in [6, 6.07) is 12.1. The van der Waals surface area contributed by atoms with E-state index < -0.39 is 49.5 Å². The van der Waals surface area contributed by atoms with Crippen LogP contribution < -0.4 is 28.7 Å².